The summed E-state index contributed by atoms with van der Waals surface area (Å²) in [6.45, 7) is 10.3. The molecule has 0 unspecified atom stereocenters. The van der Waals surface area contributed by atoms with Crippen LogP contribution >= 0.6 is 0 Å². The lowest BCUT2D eigenvalue weighted by Crippen LogP contribution is -2.30. The molecule has 196 valence electrons. The molecule has 0 saturated carbocycles. The smallest absolute Gasteiger partial charge is 0.221 e. The van der Waals surface area contributed by atoms with Crippen molar-refractivity contribution in [2.45, 2.75) is 58.6 Å². The van der Waals surface area contributed by atoms with Crippen LogP contribution in [0.25, 0.3) is 22.3 Å². The van der Waals surface area contributed by atoms with Gasteiger partial charge in [-0.2, -0.15) is 0 Å². The molecule has 1 N–H and O–H groups in total. The molecule has 4 aromatic carbocycles. The van der Waals surface area contributed by atoms with Crippen LogP contribution in [0.5, 0.6) is 5.75 Å². The Morgan fingerprint density at radius 3 is 2.21 bits per heavy atom. The Balaban J connectivity index is 1.49. The highest BCUT2D eigenvalue weighted by atomic mass is 16.5. The summed E-state index contributed by atoms with van der Waals surface area (Å²) >= 11 is 0. The Kier molecular flexibility index (Phi) is 5.95. The van der Waals surface area contributed by atoms with Crippen LogP contribution in [0.15, 0.2) is 89.9 Å². The fourth-order valence-electron chi connectivity index (χ4n) is 5.94. The average molecular weight is 515 g/mol. The second-order valence-electron chi connectivity index (χ2n) is 12.0. The Morgan fingerprint density at radius 1 is 0.795 bits per heavy atom. The van der Waals surface area contributed by atoms with Gasteiger partial charge in [0.05, 0.1) is 11.3 Å². The normalized spacial score (nSPS) is 16.5. The summed E-state index contributed by atoms with van der Waals surface area (Å²) in [5.41, 5.74) is 10.8. The van der Waals surface area contributed by atoms with Crippen molar-refractivity contribution in [1.82, 2.24) is 0 Å². The Bertz CT molecular complexity index is 1610. The van der Waals surface area contributed by atoms with E-state index in [1.165, 1.54) is 34.7 Å². The molecule has 4 aromatic rings. The summed E-state index contributed by atoms with van der Waals surface area (Å²) in [5, 5.41) is 2.84. The fourth-order valence-corrected chi connectivity index (χ4v) is 5.94. The van der Waals surface area contributed by atoms with Gasteiger partial charge in [0.2, 0.25) is 5.91 Å². The lowest BCUT2D eigenvalue weighted by atomic mass is 9.79. The number of ether oxygens (including phenoxy) is 1. The summed E-state index contributed by atoms with van der Waals surface area (Å²) in [6, 6.07) is 29.5. The Labute approximate surface area is 230 Å². The van der Waals surface area contributed by atoms with Gasteiger partial charge < -0.3 is 10.1 Å². The number of nitrogens with zero attached hydrogens (tertiary/aromatic N) is 1. The van der Waals surface area contributed by atoms with Gasteiger partial charge in [0.15, 0.2) is 0 Å². The number of benzene rings is 4. The molecular weight excluding hydrogens is 480 g/mol. The minimum absolute atomic E-state index is 0.0727. The highest BCUT2D eigenvalue weighted by Crippen LogP contribution is 2.48. The maximum absolute atomic E-state index is 11.4. The van der Waals surface area contributed by atoms with Crippen molar-refractivity contribution in [2.24, 2.45) is 4.99 Å². The first-order valence-electron chi connectivity index (χ1n) is 13.6. The lowest BCUT2D eigenvalue weighted by Gasteiger charge is -2.31. The van der Waals surface area contributed by atoms with E-state index in [-0.39, 0.29) is 17.0 Å². The van der Waals surface area contributed by atoms with Gasteiger partial charge in [-0.25, -0.2) is 0 Å². The molecule has 2 aliphatic rings. The van der Waals surface area contributed by atoms with Crippen molar-refractivity contribution in [3.63, 3.8) is 0 Å². The van der Waals surface area contributed by atoms with Crippen LogP contribution in [0.3, 0.4) is 0 Å². The van der Waals surface area contributed by atoms with Crippen LogP contribution in [0.2, 0.25) is 0 Å². The molecule has 4 heteroatoms. The molecule has 4 nitrogen and oxygen atoms in total. The SMILES string of the molecule is CC(=O)Nc1ccc(-c2cccc(C3=NC(C)(C)Cc4cc(-c5ccccc5)c5c(c43)CC(C)(C)O5)c2)cc1. The van der Waals surface area contributed by atoms with E-state index in [0.29, 0.717) is 0 Å². The molecule has 1 amide bonds. The fraction of sp³-hybridized carbons (Fsp3) is 0.257. The third kappa shape index (κ3) is 4.87. The van der Waals surface area contributed by atoms with Crippen LogP contribution in [0.4, 0.5) is 5.69 Å². The van der Waals surface area contributed by atoms with E-state index in [1.807, 2.05) is 24.3 Å². The number of hydrogen-bond acceptors (Lipinski definition) is 3. The predicted molar refractivity (Wildman–Crippen MR) is 160 cm³/mol. The van der Waals surface area contributed by atoms with Gasteiger partial charge in [0.25, 0.3) is 0 Å². The van der Waals surface area contributed by atoms with Gasteiger partial charge in [0.1, 0.15) is 11.4 Å². The van der Waals surface area contributed by atoms with Gasteiger partial charge in [-0.05, 0) is 80.6 Å². The highest BCUT2D eigenvalue weighted by Gasteiger charge is 2.39. The second kappa shape index (κ2) is 9.23. The molecule has 6 rings (SSSR count). The van der Waals surface area contributed by atoms with E-state index in [9.17, 15) is 4.79 Å². The van der Waals surface area contributed by atoms with Crippen molar-refractivity contribution in [2.75, 3.05) is 5.32 Å². The molecule has 2 aliphatic heterocycles. The monoisotopic (exact) mass is 514 g/mol. The number of fused-ring (bicyclic) bond motifs is 3. The number of nitrogens with one attached hydrogen (secondary N) is 1. The molecule has 0 spiro atoms. The molecular formula is C35H34N2O2. The van der Waals surface area contributed by atoms with E-state index < -0.39 is 0 Å². The quantitative estimate of drug-likeness (QED) is 0.301. The standard InChI is InChI=1S/C35H34N2O2/c1-22(38)36-28-16-14-23(15-17-28)25-12-9-13-26(18-25)32-31-27(20-34(2,3)37-32)19-29(24-10-7-6-8-11-24)33-30(31)21-35(4,5)39-33/h6-19H,20-21H2,1-5H3,(H,36,38). The average Bonchev–Trinajstić information content (AvgIpc) is 3.22. The van der Waals surface area contributed by atoms with Crippen LogP contribution in [0, 0.1) is 0 Å². The van der Waals surface area contributed by atoms with Crippen molar-refractivity contribution in [1.29, 1.82) is 0 Å². The van der Waals surface area contributed by atoms with Crippen LogP contribution in [0.1, 0.15) is 56.9 Å². The maximum atomic E-state index is 11.4. The van der Waals surface area contributed by atoms with Crippen LogP contribution < -0.4 is 10.1 Å². The molecule has 0 aromatic heterocycles. The number of rotatable bonds is 4. The number of amides is 1. The Hall–Kier alpha value is -4.18. The van der Waals surface area contributed by atoms with Crippen molar-refractivity contribution >= 4 is 17.3 Å². The van der Waals surface area contributed by atoms with E-state index in [0.717, 1.165) is 46.7 Å². The maximum Gasteiger partial charge on any atom is 0.221 e. The number of hydrogen-bond donors (Lipinski definition) is 1. The number of carbonyl (C=O) groups excluding carboxylic acids is 1. The summed E-state index contributed by atoms with van der Waals surface area (Å²) in [6.07, 6.45) is 1.72. The summed E-state index contributed by atoms with van der Waals surface area (Å²) in [4.78, 5) is 16.8. The number of carbonyl (C=O) groups is 1. The van der Waals surface area contributed by atoms with Crippen LogP contribution in [-0.2, 0) is 17.6 Å². The minimum atomic E-state index is -0.281. The predicted octanol–water partition coefficient (Wildman–Crippen LogP) is 7.86. The first-order chi connectivity index (χ1) is 18.6. The van der Waals surface area contributed by atoms with Gasteiger partial charge in [0, 0.05) is 41.3 Å². The summed E-state index contributed by atoms with van der Waals surface area (Å²) in [7, 11) is 0. The Morgan fingerprint density at radius 2 is 1.49 bits per heavy atom. The molecule has 0 atom stereocenters. The molecule has 0 aliphatic carbocycles. The molecule has 0 radical (unpaired) electrons. The van der Waals surface area contributed by atoms with Gasteiger partial charge in [-0.3, -0.25) is 9.79 Å². The van der Waals surface area contributed by atoms with E-state index >= 15 is 0 Å². The summed E-state index contributed by atoms with van der Waals surface area (Å²) in [5.74, 6) is 0.915. The zero-order valence-electron chi connectivity index (χ0n) is 23.3. The third-order valence-electron chi connectivity index (χ3n) is 7.47. The van der Waals surface area contributed by atoms with E-state index in [4.69, 9.17) is 9.73 Å². The second-order valence-corrected chi connectivity index (χ2v) is 12.0. The summed E-state index contributed by atoms with van der Waals surface area (Å²) < 4.78 is 6.63. The zero-order chi connectivity index (χ0) is 27.4. The van der Waals surface area contributed by atoms with Gasteiger partial charge >= 0.3 is 0 Å². The zero-order valence-corrected chi connectivity index (χ0v) is 23.3. The highest BCUT2D eigenvalue weighted by molar-refractivity contribution is 6.16. The first-order valence-corrected chi connectivity index (χ1v) is 13.6. The topological polar surface area (TPSA) is 50.7 Å². The molecule has 0 fully saturated rings. The lowest BCUT2D eigenvalue weighted by molar-refractivity contribution is -0.114. The number of anilines is 1. The molecule has 39 heavy (non-hydrogen) atoms. The van der Waals surface area contributed by atoms with Crippen molar-refractivity contribution in [3.05, 3.63) is 107 Å². The minimum Gasteiger partial charge on any atom is -0.487 e. The largest absolute Gasteiger partial charge is 0.487 e. The molecule has 0 saturated heterocycles. The van der Waals surface area contributed by atoms with Gasteiger partial charge in [-0.15, -0.1) is 0 Å². The van der Waals surface area contributed by atoms with Crippen molar-refractivity contribution < 1.29 is 9.53 Å². The molecule has 2 heterocycles. The first kappa shape index (κ1) is 25.1. The van der Waals surface area contributed by atoms with E-state index in [2.05, 4.69) is 93.7 Å². The van der Waals surface area contributed by atoms with Crippen LogP contribution in [-0.4, -0.2) is 22.8 Å². The van der Waals surface area contributed by atoms with Gasteiger partial charge in [-0.1, -0.05) is 60.7 Å². The third-order valence-corrected chi connectivity index (χ3v) is 7.47. The van der Waals surface area contributed by atoms with E-state index in [1.54, 1.807) is 0 Å². The van der Waals surface area contributed by atoms with Crippen molar-refractivity contribution in [3.8, 4) is 28.0 Å². The number of aliphatic imine (C=N–C) groups is 1. The molecule has 0 bridgehead atoms.